The second-order valence-corrected chi connectivity index (χ2v) is 6.93. The van der Waals surface area contributed by atoms with Crippen molar-refractivity contribution in [1.29, 1.82) is 0 Å². The van der Waals surface area contributed by atoms with E-state index in [1.807, 2.05) is 4.90 Å². The lowest BCUT2D eigenvalue weighted by molar-refractivity contribution is -0.132. The zero-order valence-corrected chi connectivity index (χ0v) is 14.9. The molecule has 0 aliphatic heterocycles. The van der Waals surface area contributed by atoms with Gasteiger partial charge < -0.3 is 4.90 Å². The number of hydrogen-bond donors (Lipinski definition) is 0. The molecule has 1 fully saturated rings. The van der Waals surface area contributed by atoms with Crippen LogP contribution in [0, 0.1) is 11.8 Å². The van der Waals surface area contributed by atoms with E-state index < -0.39 is 0 Å². The lowest BCUT2D eigenvalue weighted by atomic mass is 10.1. The van der Waals surface area contributed by atoms with Crippen LogP contribution < -0.4 is 0 Å². The van der Waals surface area contributed by atoms with E-state index in [0.29, 0.717) is 17.7 Å². The van der Waals surface area contributed by atoms with Crippen LogP contribution in [0.2, 0.25) is 0 Å². The SMILES string of the molecule is CCCCC/C=C\CC/C=C\CN(CC(C)C)C(=O)C1CC1. The molecule has 0 heterocycles. The summed E-state index contributed by atoms with van der Waals surface area (Å²) in [5, 5.41) is 0. The summed E-state index contributed by atoms with van der Waals surface area (Å²) >= 11 is 0. The van der Waals surface area contributed by atoms with Gasteiger partial charge >= 0.3 is 0 Å². The van der Waals surface area contributed by atoms with E-state index in [0.717, 1.165) is 38.8 Å². The second kappa shape index (κ2) is 11.5. The number of carbonyl (C=O) groups is 1. The van der Waals surface area contributed by atoms with Crippen LogP contribution >= 0.6 is 0 Å². The summed E-state index contributed by atoms with van der Waals surface area (Å²) in [5.41, 5.74) is 0. The third kappa shape index (κ3) is 9.07. The van der Waals surface area contributed by atoms with Gasteiger partial charge in [0.25, 0.3) is 0 Å². The molecule has 0 atom stereocenters. The van der Waals surface area contributed by atoms with Crippen LogP contribution in [0.5, 0.6) is 0 Å². The first-order valence-electron chi connectivity index (χ1n) is 9.24. The Morgan fingerprint density at radius 1 is 1.05 bits per heavy atom. The average molecular weight is 306 g/mol. The number of allylic oxidation sites excluding steroid dienone is 3. The lowest BCUT2D eigenvalue weighted by Crippen LogP contribution is -2.35. The quantitative estimate of drug-likeness (QED) is 0.351. The van der Waals surface area contributed by atoms with E-state index >= 15 is 0 Å². The average Bonchev–Trinajstić information content (AvgIpc) is 3.31. The maximum atomic E-state index is 12.2. The highest BCUT2D eigenvalue weighted by Gasteiger charge is 2.33. The summed E-state index contributed by atoms with van der Waals surface area (Å²) < 4.78 is 0. The maximum Gasteiger partial charge on any atom is 0.225 e. The van der Waals surface area contributed by atoms with Gasteiger partial charge in [0.2, 0.25) is 5.91 Å². The topological polar surface area (TPSA) is 20.3 Å². The van der Waals surface area contributed by atoms with Gasteiger partial charge in [-0.15, -0.1) is 0 Å². The highest BCUT2D eigenvalue weighted by atomic mass is 16.2. The number of nitrogens with zero attached hydrogens (tertiary/aromatic N) is 1. The Bertz CT molecular complexity index is 353. The minimum Gasteiger partial charge on any atom is -0.338 e. The van der Waals surface area contributed by atoms with Crippen LogP contribution in [0.25, 0.3) is 0 Å². The summed E-state index contributed by atoms with van der Waals surface area (Å²) in [6.07, 6.45) is 18.6. The molecule has 0 radical (unpaired) electrons. The van der Waals surface area contributed by atoms with E-state index in [2.05, 4.69) is 45.1 Å². The normalized spacial score (nSPS) is 15.3. The van der Waals surface area contributed by atoms with Crippen molar-refractivity contribution in [3.8, 4) is 0 Å². The highest BCUT2D eigenvalue weighted by molar-refractivity contribution is 5.81. The molecule has 0 aromatic carbocycles. The van der Waals surface area contributed by atoms with E-state index in [1.165, 1.54) is 25.7 Å². The Morgan fingerprint density at radius 2 is 1.68 bits per heavy atom. The van der Waals surface area contributed by atoms with E-state index in [-0.39, 0.29) is 0 Å². The smallest absolute Gasteiger partial charge is 0.225 e. The van der Waals surface area contributed by atoms with Crippen molar-refractivity contribution in [1.82, 2.24) is 4.90 Å². The molecule has 0 unspecified atom stereocenters. The van der Waals surface area contributed by atoms with Gasteiger partial charge in [0, 0.05) is 19.0 Å². The molecule has 1 rings (SSSR count). The Morgan fingerprint density at radius 3 is 2.27 bits per heavy atom. The molecule has 0 N–H and O–H groups in total. The summed E-state index contributed by atoms with van der Waals surface area (Å²) in [4.78, 5) is 14.3. The van der Waals surface area contributed by atoms with Gasteiger partial charge in [-0.2, -0.15) is 0 Å². The molecular formula is C20H35NO. The van der Waals surface area contributed by atoms with Crippen LogP contribution in [0.3, 0.4) is 0 Å². The number of carbonyl (C=O) groups excluding carboxylic acids is 1. The third-order valence-electron chi connectivity index (χ3n) is 3.96. The summed E-state index contributed by atoms with van der Waals surface area (Å²) in [7, 11) is 0. The monoisotopic (exact) mass is 305 g/mol. The van der Waals surface area contributed by atoms with Crippen molar-refractivity contribution in [2.75, 3.05) is 13.1 Å². The minimum atomic E-state index is 0.332. The summed E-state index contributed by atoms with van der Waals surface area (Å²) in [6.45, 7) is 8.27. The van der Waals surface area contributed by atoms with Crippen molar-refractivity contribution >= 4 is 5.91 Å². The van der Waals surface area contributed by atoms with Crippen LogP contribution in [0.15, 0.2) is 24.3 Å². The van der Waals surface area contributed by atoms with E-state index in [1.54, 1.807) is 0 Å². The Balaban J connectivity index is 2.16. The fourth-order valence-corrected chi connectivity index (χ4v) is 2.54. The number of unbranched alkanes of at least 4 members (excludes halogenated alkanes) is 4. The molecule has 0 saturated heterocycles. The fourth-order valence-electron chi connectivity index (χ4n) is 2.54. The number of hydrogen-bond acceptors (Lipinski definition) is 1. The first kappa shape index (κ1) is 19.0. The van der Waals surface area contributed by atoms with Crippen molar-refractivity contribution in [3.63, 3.8) is 0 Å². The number of amides is 1. The molecule has 1 aliphatic rings. The first-order chi connectivity index (χ1) is 10.6. The van der Waals surface area contributed by atoms with Crippen LogP contribution in [-0.4, -0.2) is 23.9 Å². The zero-order valence-electron chi connectivity index (χ0n) is 14.9. The number of rotatable bonds is 12. The predicted molar refractivity (Wildman–Crippen MR) is 95.8 cm³/mol. The molecule has 2 nitrogen and oxygen atoms in total. The van der Waals surface area contributed by atoms with Crippen molar-refractivity contribution in [2.45, 2.75) is 72.1 Å². The molecule has 1 saturated carbocycles. The standard InChI is InChI=1S/C20H35NO/c1-4-5-6-7-8-9-10-11-12-13-16-21(17-18(2)3)20(22)19-14-15-19/h8-9,12-13,18-19H,4-7,10-11,14-17H2,1-3H3/b9-8-,13-12-. The summed E-state index contributed by atoms with van der Waals surface area (Å²) in [6, 6.07) is 0. The van der Waals surface area contributed by atoms with Gasteiger partial charge in [-0.05, 0) is 44.4 Å². The molecule has 1 aliphatic carbocycles. The predicted octanol–water partition coefficient (Wildman–Crippen LogP) is 5.35. The molecule has 126 valence electrons. The molecule has 0 spiro atoms. The Labute approximate surface area is 137 Å². The van der Waals surface area contributed by atoms with Crippen molar-refractivity contribution in [2.24, 2.45) is 11.8 Å². The minimum absolute atomic E-state index is 0.332. The van der Waals surface area contributed by atoms with Gasteiger partial charge in [0.05, 0.1) is 0 Å². The fraction of sp³-hybridized carbons (Fsp3) is 0.750. The second-order valence-electron chi connectivity index (χ2n) is 6.93. The first-order valence-corrected chi connectivity index (χ1v) is 9.24. The summed E-state index contributed by atoms with van der Waals surface area (Å²) in [5.74, 6) is 1.24. The third-order valence-corrected chi connectivity index (χ3v) is 3.96. The van der Waals surface area contributed by atoms with Gasteiger partial charge in [-0.1, -0.05) is 57.9 Å². The van der Waals surface area contributed by atoms with Crippen LogP contribution in [0.4, 0.5) is 0 Å². The largest absolute Gasteiger partial charge is 0.338 e. The molecule has 22 heavy (non-hydrogen) atoms. The highest BCUT2D eigenvalue weighted by Crippen LogP contribution is 2.31. The van der Waals surface area contributed by atoms with Crippen LogP contribution in [0.1, 0.15) is 72.1 Å². The lowest BCUT2D eigenvalue weighted by Gasteiger charge is -2.23. The van der Waals surface area contributed by atoms with E-state index in [9.17, 15) is 4.79 Å². The van der Waals surface area contributed by atoms with Gasteiger partial charge in [0.1, 0.15) is 0 Å². The Kier molecular flexibility index (Phi) is 9.94. The van der Waals surface area contributed by atoms with E-state index in [4.69, 9.17) is 0 Å². The molecule has 0 bridgehead atoms. The Hall–Kier alpha value is -1.05. The molecule has 1 amide bonds. The molecular weight excluding hydrogens is 270 g/mol. The van der Waals surface area contributed by atoms with Crippen molar-refractivity contribution in [3.05, 3.63) is 24.3 Å². The van der Waals surface area contributed by atoms with Gasteiger partial charge in [-0.25, -0.2) is 0 Å². The molecule has 2 heteroatoms. The molecule has 0 aromatic rings. The molecule has 0 aromatic heterocycles. The maximum absolute atomic E-state index is 12.2. The van der Waals surface area contributed by atoms with Crippen LogP contribution in [-0.2, 0) is 4.79 Å². The van der Waals surface area contributed by atoms with Gasteiger partial charge in [-0.3, -0.25) is 4.79 Å². The zero-order chi connectivity index (χ0) is 16.2. The van der Waals surface area contributed by atoms with Gasteiger partial charge in [0.15, 0.2) is 0 Å². The van der Waals surface area contributed by atoms with Crippen molar-refractivity contribution < 1.29 is 4.79 Å².